The Morgan fingerprint density at radius 1 is 0.667 bits per heavy atom. The fourth-order valence-electron chi connectivity index (χ4n) is 1.17. The Balaban J connectivity index is 3.10. The van der Waals surface area contributed by atoms with Gasteiger partial charge in [-0.25, -0.2) is 0 Å². The normalized spacial score (nSPS) is 14.0. The number of hydrogen-bond donors (Lipinski definition) is 1. The molecule has 0 bridgehead atoms. The molecular weight excluding hydrogens is 622 g/mol. The molecule has 0 aliphatic carbocycles. The molecule has 0 aliphatic heterocycles. The summed E-state index contributed by atoms with van der Waals surface area (Å²) in [6.07, 6.45) is 0. The van der Waals surface area contributed by atoms with Crippen molar-refractivity contribution in [3.8, 4) is 0 Å². The van der Waals surface area contributed by atoms with E-state index in [1.54, 1.807) is 0 Å². The van der Waals surface area contributed by atoms with Crippen LogP contribution >= 0.6 is 37.4 Å². The van der Waals surface area contributed by atoms with Crippen LogP contribution in [0.25, 0.3) is 0 Å². The van der Waals surface area contributed by atoms with Gasteiger partial charge in [-0.15, -0.1) is 0 Å². The third kappa shape index (κ3) is 22.0. The number of halogens is 2. The molecule has 21 heavy (non-hydrogen) atoms. The summed E-state index contributed by atoms with van der Waals surface area (Å²) in [4.78, 5) is 4.43. The number of aliphatic hydroxyl groups excluding tert-OH is 1. The van der Waals surface area contributed by atoms with Gasteiger partial charge >= 0.3 is 127 Å². The molecule has 0 aliphatic rings. The first-order chi connectivity index (χ1) is 9.81. The van der Waals surface area contributed by atoms with Gasteiger partial charge in [0.05, 0.1) is 13.2 Å². The van der Waals surface area contributed by atoms with E-state index in [4.69, 9.17) is 27.2 Å². The van der Waals surface area contributed by atoms with Crippen LogP contribution < -0.4 is 0 Å². The topological polar surface area (TPSA) is 66.4 Å². The summed E-state index contributed by atoms with van der Waals surface area (Å²) in [6, 6.07) is 0. The van der Waals surface area contributed by atoms with Crippen LogP contribution in [0.4, 0.5) is 0 Å². The van der Waals surface area contributed by atoms with Crippen molar-refractivity contribution in [2.75, 3.05) is 66.1 Å². The van der Waals surface area contributed by atoms with Crippen LogP contribution in [0.2, 0.25) is 9.94 Å². The molecule has 1 N–H and O–H groups in total. The first kappa shape index (κ1) is 23.0. The average Bonchev–Trinajstić information content (AvgIpc) is 2.37. The van der Waals surface area contributed by atoms with Crippen molar-refractivity contribution in [3.05, 3.63) is 0 Å². The number of hydrogen-bond acceptors (Lipinski definition) is 6. The summed E-state index contributed by atoms with van der Waals surface area (Å²) in [5.41, 5.74) is 0. The van der Waals surface area contributed by atoms with Crippen molar-refractivity contribution in [1.29, 1.82) is 0 Å². The standard InChI is InChI=1S/C12H28I2O6Te/c1-21(2,13,14)20-12-11-19-10-9-18-8-7-17-6-5-16-4-3-15/h15,21H,3-12H2,1-2H3. The Labute approximate surface area is 148 Å². The fourth-order valence-corrected chi connectivity index (χ4v) is 5.47. The molecule has 0 rings (SSSR count). The van der Waals surface area contributed by atoms with Crippen LogP contribution in [0.5, 0.6) is 0 Å². The molecule has 0 aromatic carbocycles. The summed E-state index contributed by atoms with van der Waals surface area (Å²) < 4.78 is 27.0. The van der Waals surface area contributed by atoms with Gasteiger partial charge in [0.1, 0.15) is 0 Å². The second-order valence-electron chi connectivity index (χ2n) is 4.70. The van der Waals surface area contributed by atoms with Gasteiger partial charge in [0.25, 0.3) is 0 Å². The van der Waals surface area contributed by atoms with Gasteiger partial charge in [-0.1, -0.05) is 0 Å². The second kappa shape index (κ2) is 13.3. The Bertz CT molecular complexity index is 240. The molecule has 0 aromatic rings. The van der Waals surface area contributed by atoms with Crippen molar-refractivity contribution in [1.82, 2.24) is 0 Å². The molecule has 0 saturated heterocycles. The molecule has 132 valence electrons. The van der Waals surface area contributed by atoms with E-state index in [-0.39, 0.29) is 6.61 Å². The zero-order valence-electron chi connectivity index (χ0n) is 12.8. The number of aliphatic hydroxyl groups is 1. The average molecular weight is 650 g/mol. The van der Waals surface area contributed by atoms with Crippen molar-refractivity contribution in [2.45, 2.75) is 9.94 Å². The Kier molecular flexibility index (Phi) is 14.6. The van der Waals surface area contributed by atoms with Crippen LogP contribution in [0.3, 0.4) is 0 Å². The minimum Gasteiger partial charge on any atom is -0.394 e. The summed E-state index contributed by atoms with van der Waals surface area (Å²) in [7, 11) is -2.66. The van der Waals surface area contributed by atoms with Gasteiger partial charge in [-0.05, 0) is 0 Å². The summed E-state index contributed by atoms with van der Waals surface area (Å²) in [5, 5.41) is 8.49. The Morgan fingerprint density at radius 3 is 1.33 bits per heavy atom. The second-order valence-corrected chi connectivity index (χ2v) is 65.1. The maximum absolute atomic E-state index is 8.49. The smallest absolute Gasteiger partial charge is 0.394 e. The summed E-state index contributed by atoms with van der Waals surface area (Å²) >= 11 is 4.92. The molecule has 0 unspecified atom stereocenters. The molecule has 0 atom stereocenters. The van der Waals surface area contributed by atoms with E-state index in [1.165, 1.54) is 0 Å². The van der Waals surface area contributed by atoms with Crippen molar-refractivity contribution in [2.24, 2.45) is 0 Å². The summed E-state index contributed by atoms with van der Waals surface area (Å²) in [5.74, 6) is 0. The Hall–Kier alpha value is 2.01. The molecule has 0 spiro atoms. The van der Waals surface area contributed by atoms with Crippen LogP contribution in [0.1, 0.15) is 0 Å². The zero-order valence-corrected chi connectivity index (χ0v) is 19.6. The van der Waals surface area contributed by atoms with Crippen LogP contribution in [-0.2, 0) is 22.0 Å². The molecule has 6 nitrogen and oxygen atoms in total. The van der Waals surface area contributed by atoms with Crippen LogP contribution in [-0.4, -0.2) is 80.5 Å². The van der Waals surface area contributed by atoms with Gasteiger partial charge in [0.2, 0.25) is 0 Å². The SMILES string of the molecule is C[TeH](C)(I)(I)OCCOCCOCCOCCOCCO. The molecule has 0 fully saturated rings. The van der Waals surface area contributed by atoms with E-state index in [1.807, 2.05) is 0 Å². The predicted octanol–water partition coefficient (Wildman–Crippen LogP) is 1.82. The van der Waals surface area contributed by atoms with Crippen molar-refractivity contribution in [3.63, 3.8) is 0 Å². The molecule has 9 heteroatoms. The molecular formula is C12H28I2O6Te. The third-order valence-electron chi connectivity index (χ3n) is 2.03. The molecule has 0 heterocycles. The predicted molar refractivity (Wildman–Crippen MR) is 103 cm³/mol. The quantitative estimate of drug-likeness (QED) is 0.166. The van der Waals surface area contributed by atoms with E-state index in [0.29, 0.717) is 59.5 Å². The molecule has 0 aromatic heterocycles. The monoisotopic (exact) mass is 652 g/mol. The molecule has 0 amide bonds. The van der Waals surface area contributed by atoms with E-state index in [0.717, 1.165) is 0 Å². The molecule has 0 saturated carbocycles. The zero-order chi connectivity index (χ0) is 16.1. The van der Waals surface area contributed by atoms with Gasteiger partial charge in [0.15, 0.2) is 0 Å². The van der Waals surface area contributed by atoms with Gasteiger partial charge in [-0.3, -0.25) is 0 Å². The van der Waals surface area contributed by atoms with E-state index < -0.39 is 9.33 Å². The maximum atomic E-state index is 8.49. The first-order valence-electron chi connectivity index (χ1n) is 6.83. The van der Waals surface area contributed by atoms with Crippen LogP contribution in [0, 0.1) is 0 Å². The van der Waals surface area contributed by atoms with Gasteiger partial charge in [0, 0.05) is 0 Å². The van der Waals surface area contributed by atoms with Crippen molar-refractivity contribution >= 4 is 46.7 Å². The van der Waals surface area contributed by atoms with Crippen LogP contribution in [0.15, 0.2) is 0 Å². The van der Waals surface area contributed by atoms with Gasteiger partial charge < -0.3 is 9.84 Å². The first-order valence-corrected chi connectivity index (χ1v) is 27.9. The third-order valence-corrected chi connectivity index (χ3v) is 8.32. The van der Waals surface area contributed by atoms with E-state index in [9.17, 15) is 0 Å². The molecule has 0 radical (unpaired) electrons. The minimum absolute atomic E-state index is 0.0465. The van der Waals surface area contributed by atoms with Crippen molar-refractivity contribution < 1.29 is 27.2 Å². The summed E-state index contributed by atoms with van der Waals surface area (Å²) in [6.45, 7) is 4.90. The fraction of sp³-hybridized carbons (Fsp3) is 1.00. The van der Waals surface area contributed by atoms with E-state index >= 15 is 0 Å². The minimum atomic E-state index is -2.66. The number of rotatable bonds is 15. The van der Waals surface area contributed by atoms with Gasteiger partial charge in [-0.2, -0.15) is 0 Å². The number of ether oxygens (including phenoxy) is 4. The van der Waals surface area contributed by atoms with E-state index in [2.05, 4.69) is 47.3 Å². The Morgan fingerprint density at radius 2 is 1.00 bits per heavy atom.